The van der Waals surface area contributed by atoms with Gasteiger partial charge in [-0.15, -0.1) is 0 Å². The topological polar surface area (TPSA) is 65.1 Å². The fourth-order valence-electron chi connectivity index (χ4n) is 3.13. The summed E-state index contributed by atoms with van der Waals surface area (Å²) in [4.78, 5) is 26.1. The first kappa shape index (κ1) is 19.8. The van der Waals surface area contributed by atoms with E-state index >= 15 is 0 Å². The van der Waals surface area contributed by atoms with Gasteiger partial charge in [0.15, 0.2) is 6.61 Å². The minimum absolute atomic E-state index is 0.125. The molecule has 6 nitrogen and oxygen atoms in total. The summed E-state index contributed by atoms with van der Waals surface area (Å²) in [5, 5.41) is 0. The van der Waals surface area contributed by atoms with E-state index in [4.69, 9.17) is 14.2 Å². The maximum absolute atomic E-state index is 12.3. The molecule has 0 radical (unpaired) electrons. The number of likely N-dealkylation sites (tertiary alicyclic amines) is 1. The Kier molecular flexibility index (Phi) is 7.51. The monoisotopic (exact) mass is 361 g/mol. The summed E-state index contributed by atoms with van der Waals surface area (Å²) >= 11 is 0. The van der Waals surface area contributed by atoms with E-state index in [1.54, 1.807) is 38.5 Å². The maximum Gasteiger partial charge on any atom is 0.331 e. The Morgan fingerprint density at radius 1 is 1.23 bits per heavy atom. The zero-order chi connectivity index (χ0) is 18.9. The Labute approximate surface area is 154 Å². The number of esters is 1. The van der Waals surface area contributed by atoms with Crippen molar-refractivity contribution < 1.29 is 23.8 Å². The molecule has 1 aliphatic heterocycles. The van der Waals surface area contributed by atoms with Gasteiger partial charge in [0, 0.05) is 30.3 Å². The molecule has 1 unspecified atom stereocenters. The van der Waals surface area contributed by atoms with Crippen molar-refractivity contribution in [3.63, 3.8) is 0 Å². The number of rotatable bonds is 7. The van der Waals surface area contributed by atoms with Crippen LogP contribution in [0.15, 0.2) is 24.3 Å². The fourth-order valence-corrected chi connectivity index (χ4v) is 3.13. The van der Waals surface area contributed by atoms with E-state index in [1.807, 2.05) is 4.90 Å². The third kappa shape index (κ3) is 5.25. The highest BCUT2D eigenvalue weighted by Gasteiger charge is 2.25. The molecule has 1 aromatic carbocycles. The molecule has 0 bridgehead atoms. The van der Waals surface area contributed by atoms with E-state index in [0.29, 0.717) is 11.5 Å². The lowest BCUT2D eigenvalue weighted by molar-refractivity contribution is -0.150. The summed E-state index contributed by atoms with van der Waals surface area (Å²) in [6, 6.07) is 5.55. The first-order valence-electron chi connectivity index (χ1n) is 8.95. The van der Waals surface area contributed by atoms with E-state index < -0.39 is 5.97 Å². The van der Waals surface area contributed by atoms with Gasteiger partial charge in [0.1, 0.15) is 11.5 Å². The number of piperidine rings is 1. The van der Waals surface area contributed by atoms with Crippen LogP contribution in [0.5, 0.6) is 11.5 Å². The average molecular weight is 361 g/mol. The number of amides is 1. The number of carbonyl (C=O) groups excluding carboxylic acids is 2. The van der Waals surface area contributed by atoms with E-state index in [1.165, 1.54) is 6.08 Å². The van der Waals surface area contributed by atoms with Crippen molar-refractivity contribution in [2.45, 2.75) is 38.6 Å². The maximum atomic E-state index is 12.3. The molecule has 1 atom stereocenters. The van der Waals surface area contributed by atoms with Crippen LogP contribution in [0.2, 0.25) is 0 Å². The second kappa shape index (κ2) is 9.85. The van der Waals surface area contributed by atoms with Gasteiger partial charge >= 0.3 is 5.97 Å². The molecule has 6 heteroatoms. The minimum Gasteiger partial charge on any atom is -0.497 e. The summed E-state index contributed by atoms with van der Waals surface area (Å²) in [6.07, 6.45) is 7.00. The van der Waals surface area contributed by atoms with Crippen molar-refractivity contribution in [1.29, 1.82) is 0 Å². The third-order valence-corrected chi connectivity index (χ3v) is 4.60. The highest BCUT2D eigenvalue weighted by Crippen LogP contribution is 2.25. The van der Waals surface area contributed by atoms with E-state index in [0.717, 1.165) is 37.8 Å². The molecule has 26 heavy (non-hydrogen) atoms. The summed E-state index contributed by atoms with van der Waals surface area (Å²) in [5.74, 6) is 0.573. The van der Waals surface area contributed by atoms with Crippen molar-refractivity contribution in [1.82, 2.24) is 4.90 Å². The number of benzene rings is 1. The Morgan fingerprint density at radius 3 is 2.73 bits per heavy atom. The van der Waals surface area contributed by atoms with Gasteiger partial charge in [0.2, 0.25) is 0 Å². The van der Waals surface area contributed by atoms with Crippen molar-refractivity contribution in [2.75, 3.05) is 27.4 Å². The highest BCUT2D eigenvalue weighted by molar-refractivity contribution is 5.89. The Hall–Kier alpha value is -2.50. The van der Waals surface area contributed by atoms with Gasteiger partial charge < -0.3 is 19.1 Å². The summed E-state index contributed by atoms with van der Waals surface area (Å²) in [5.41, 5.74) is 0.721. The molecule has 1 heterocycles. The lowest BCUT2D eigenvalue weighted by atomic mass is 10.00. The lowest BCUT2D eigenvalue weighted by Gasteiger charge is -2.35. The van der Waals surface area contributed by atoms with Crippen molar-refractivity contribution in [3.8, 4) is 11.5 Å². The Bertz CT molecular complexity index is 656. The quantitative estimate of drug-likeness (QED) is 0.552. The van der Waals surface area contributed by atoms with Crippen LogP contribution in [0.4, 0.5) is 0 Å². The number of methoxy groups -OCH3 is 2. The van der Waals surface area contributed by atoms with E-state index in [2.05, 4.69) is 6.92 Å². The van der Waals surface area contributed by atoms with Gasteiger partial charge in [-0.25, -0.2) is 4.79 Å². The van der Waals surface area contributed by atoms with Crippen LogP contribution in [0.3, 0.4) is 0 Å². The Balaban J connectivity index is 1.90. The highest BCUT2D eigenvalue weighted by atomic mass is 16.5. The summed E-state index contributed by atoms with van der Waals surface area (Å²) < 4.78 is 15.5. The van der Waals surface area contributed by atoms with Crippen molar-refractivity contribution in [3.05, 3.63) is 29.8 Å². The number of hydrogen-bond donors (Lipinski definition) is 0. The second-order valence-electron chi connectivity index (χ2n) is 6.19. The predicted molar refractivity (Wildman–Crippen MR) is 99.2 cm³/mol. The van der Waals surface area contributed by atoms with Crippen LogP contribution in [0.25, 0.3) is 6.08 Å². The van der Waals surface area contributed by atoms with Gasteiger partial charge in [0.05, 0.1) is 14.2 Å². The molecule has 1 saturated heterocycles. The molecule has 1 aliphatic rings. The van der Waals surface area contributed by atoms with Crippen LogP contribution >= 0.6 is 0 Å². The van der Waals surface area contributed by atoms with Crippen LogP contribution in [-0.4, -0.2) is 50.2 Å². The lowest BCUT2D eigenvalue weighted by Crippen LogP contribution is -2.45. The van der Waals surface area contributed by atoms with Gasteiger partial charge in [-0.05, 0) is 43.9 Å². The van der Waals surface area contributed by atoms with Crippen LogP contribution in [0.1, 0.15) is 38.2 Å². The molecule has 0 aromatic heterocycles. The molecule has 1 fully saturated rings. The van der Waals surface area contributed by atoms with Crippen LogP contribution < -0.4 is 9.47 Å². The molecule has 1 aromatic rings. The smallest absolute Gasteiger partial charge is 0.331 e. The molecule has 142 valence electrons. The number of carbonyl (C=O) groups is 2. The molecule has 0 N–H and O–H groups in total. The van der Waals surface area contributed by atoms with Crippen LogP contribution in [-0.2, 0) is 14.3 Å². The van der Waals surface area contributed by atoms with Crippen molar-refractivity contribution in [2.24, 2.45) is 0 Å². The first-order chi connectivity index (χ1) is 12.6. The number of nitrogens with zero attached hydrogens (tertiary/aromatic N) is 1. The largest absolute Gasteiger partial charge is 0.497 e. The molecular formula is C20H27NO5. The standard InChI is InChI=1S/C20H27NO5/c1-4-16-7-5-6-12-21(16)19(22)14-26-20(23)11-9-15-8-10-17(24-2)13-18(15)25-3/h8-11,13,16H,4-7,12,14H2,1-3H3/b11-9+. The molecule has 1 amide bonds. The van der Waals surface area contributed by atoms with Gasteiger partial charge in [-0.1, -0.05) is 6.92 Å². The SMILES string of the molecule is CCC1CCCCN1C(=O)COC(=O)/C=C/c1ccc(OC)cc1OC. The molecule has 0 spiro atoms. The minimum atomic E-state index is -0.554. The normalized spacial score (nSPS) is 17.2. The molecule has 0 aliphatic carbocycles. The van der Waals surface area contributed by atoms with Gasteiger partial charge in [-0.3, -0.25) is 4.79 Å². The zero-order valence-corrected chi connectivity index (χ0v) is 15.7. The second-order valence-corrected chi connectivity index (χ2v) is 6.19. The van der Waals surface area contributed by atoms with Crippen LogP contribution in [0, 0.1) is 0 Å². The number of hydrogen-bond acceptors (Lipinski definition) is 5. The van der Waals surface area contributed by atoms with Gasteiger partial charge in [0.25, 0.3) is 5.91 Å². The van der Waals surface area contributed by atoms with E-state index in [9.17, 15) is 9.59 Å². The molecular weight excluding hydrogens is 334 g/mol. The fraction of sp³-hybridized carbons (Fsp3) is 0.500. The van der Waals surface area contributed by atoms with Crippen molar-refractivity contribution >= 4 is 18.0 Å². The Morgan fingerprint density at radius 2 is 2.04 bits per heavy atom. The molecule has 2 rings (SSSR count). The third-order valence-electron chi connectivity index (χ3n) is 4.60. The first-order valence-corrected chi connectivity index (χ1v) is 8.95. The van der Waals surface area contributed by atoms with Gasteiger partial charge in [-0.2, -0.15) is 0 Å². The predicted octanol–water partition coefficient (Wildman–Crippen LogP) is 3.05. The average Bonchev–Trinajstić information content (AvgIpc) is 2.70. The zero-order valence-electron chi connectivity index (χ0n) is 15.7. The van der Waals surface area contributed by atoms with E-state index in [-0.39, 0.29) is 18.6 Å². The molecule has 0 saturated carbocycles. The summed E-state index contributed by atoms with van der Waals surface area (Å²) in [6.45, 7) is 2.60. The summed E-state index contributed by atoms with van der Waals surface area (Å²) in [7, 11) is 3.12. The number of ether oxygens (including phenoxy) is 3.